The number of nitrogens with zero attached hydrogens (tertiary/aromatic N) is 2. The molecule has 2 N–H and O–H groups in total. The van der Waals surface area contributed by atoms with Gasteiger partial charge in [-0.25, -0.2) is 4.98 Å². The first kappa shape index (κ1) is 9.35. The van der Waals surface area contributed by atoms with Crippen LogP contribution in [0, 0.1) is 0 Å². The molecule has 3 heterocycles. The number of pyridine rings is 1. The lowest BCUT2D eigenvalue weighted by Crippen LogP contribution is -2.48. The average Bonchev–Trinajstić information content (AvgIpc) is 2.74. The van der Waals surface area contributed by atoms with E-state index in [1.807, 2.05) is 18.3 Å². The largest absolute Gasteiger partial charge is 0.344 e. The maximum absolute atomic E-state index is 11.8. The van der Waals surface area contributed by atoms with Crippen LogP contribution in [0.4, 0.5) is 5.69 Å². The molecule has 1 saturated heterocycles. The van der Waals surface area contributed by atoms with Crippen molar-refractivity contribution >= 4 is 22.6 Å². The first-order valence-electron chi connectivity index (χ1n) is 5.29. The Morgan fingerprint density at radius 1 is 1.44 bits per heavy atom. The fourth-order valence-corrected chi connectivity index (χ4v) is 2.03. The highest BCUT2D eigenvalue weighted by Gasteiger charge is 2.21. The number of amides is 1. The van der Waals surface area contributed by atoms with E-state index < -0.39 is 0 Å². The second kappa shape index (κ2) is 3.61. The third-order valence-corrected chi connectivity index (χ3v) is 2.81. The molecule has 16 heavy (non-hydrogen) atoms. The molecule has 2 aromatic heterocycles. The maximum Gasteiger partial charge on any atom is 0.241 e. The lowest BCUT2D eigenvalue weighted by atomic mass is 10.2. The van der Waals surface area contributed by atoms with Crippen LogP contribution in [0.3, 0.4) is 0 Å². The minimum atomic E-state index is 0.107. The van der Waals surface area contributed by atoms with E-state index in [9.17, 15) is 4.79 Å². The van der Waals surface area contributed by atoms with Gasteiger partial charge in [-0.2, -0.15) is 0 Å². The number of H-pyrrole nitrogens is 1. The van der Waals surface area contributed by atoms with Gasteiger partial charge in [0.05, 0.1) is 12.2 Å². The van der Waals surface area contributed by atoms with E-state index in [2.05, 4.69) is 15.3 Å². The first-order valence-corrected chi connectivity index (χ1v) is 5.29. The van der Waals surface area contributed by atoms with Gasteiger partial charge in [0.25, 0.3) is 0 Å². The molecule has 0 bridgehead atoms. The van der Waals surface area contributed by atoms with Gasteiger partial charge in [-0.15, -0.1) is 0 Å². The molecule has 0 unspecified atom stereocenters. The predicted molar refractivity (Wildman–Crippen MR) is 61.3 cm³/mol. The summed E-state index contributed by atoms with van der Waals surface area (Å²) in [6.45, 7) is 1.95. The van der Waals surface area contributed by atoms with E-state index in [0.717, 1.165) is 23.3 Å². The van der Waals surface area contributed by atoms with Gasteiger partial charge < -0.3 is 15.2 Å². The summed E-state index contributed by atoms with van der Waals surface area (Å²) in [5.41, 5.74) is 1.75. The Morgan fingerprint density at radius 2 is 2.38 bits per heavy atom. The summed E-state index contributed by atoms with van der Waals surface area (Å²) >= 11 is 0. The summed E-state index contributed by atoms with van der Waals surface area (Å²) < 4.78 is 0. The molecule has 5 heteroatoms. The van der Waals surface area contributed by atoms with Crippen LogP contribution in [-0.2, 0) is 4.79 Å². The predicted octanol–water partition coefficient (Wildman–Crippen LogP) is 0.499. The second-order valence-corrected chi connectivity index (χ2v) is 3.80. The monoisotopic (exact) mass is 216 g/mol. The Morgan fingerprint density at radius 3 is 3.25 bits per heavy atom. The van der Waals surface area contributed by atoms with Crippen molar-refractivity contribution in [2.45, 2.75) is 0 Å². The van der Waals surface area contributed by atoms with E-state index in [0.29, 0.717) is 13.1 Å². The van der Waals surface area contributed by atoms with Crippen molar-refractivity contribution < 1.29 is 4.79 Å². The molecular weight excluding hydrogens is 204 g/mol. The van der Waals surface area contributed by atoms with Crippen LogP contribution in [0.25, 0.3) is 11.0 Å². The zero-order valence-electron chi connectivity index (χ0n) is 8.73. The summed E-state index contributed by atoms with van der Waals surface area (Å²) in [5, 5.41) is 4.06. The number of aromatic amines is 1. The van der Waals surface area contributed by atoms with Crippen LogP contribution in [0.2, 0.25) is 0 Å². The van der Waals surface area contributed by atoms with Gasteiger partial charge in [0.2, 0.25) is 5.91 Å². The molecule has 1 amide bonds. The number of nitrogens with one attached hydrogen (secondary N) is 2. The molecule has 0 radical (unpaired) electrons. The number of anilines is 1. The van der Waals surface area contributed by atoms with Crippen LogP contribution < -0.4 is 10.2 Å². The maximum atomic E-state index is 11.8. The number of carbonyl (C=O) groups is 1. The third kappa shape index (κ3) is 1.37. The molecule has 2 aromatic rings. The van der Waals surface area contributed by atoms with Crippen LogP contribution in [0.15, 0.2) is 24.5 Å². The van der Waals surface area contributed by atoms with Gasteiger partial charge in [-0.05, 0) is 12.1 Å². The summed E-state index contributed by atoms with van der Waals surface area (Å²) in [7, 11) is 0. The normalized spacial score (nSPS) is 17.0. The highest BCUT2D eigenvalue weighted by molar-refractivity contribution is 6.03. The molecule has 0 aliphatic carbocycles. The summed E-state index contributed by atoms with van der Waals surface area (Å²) in [4.78, 5) is 20.9. The number of hydrogen-bond acceptors (Lipinski definition) is 3. The van der Waals surface area contributed by atoms with Gasteiger partial charge in [-0.1, -0.05) is 0 Å². The van der Waals surface area contributed by atoms with E-state index >= 15 is 0 Å². The van der Waals surface area contributed by atoms with Crippen molar-refractivity contribution in [1.82, 2.24) is 15.3 Å². The quantitative estimate of drug-likeness (QED) is 0.729. The van der Waals surface area contributed by atoms with Gasteiger partial charge in [-0.3, -0.25) is 4.79 Å². The Hall–Kier alpha value is -1.88. The molecule has 0 aromatic carbocycles. The smallest absolute Gasteiger partial charge is 0.241 e. The average molecular weight is 216 g/mol. The second-order valence-electron chi connectivity index (χ2n) is 3.80. The highest BCUT2D eigenvalue weighted by Crippen LogP contribution is 2.25. The van der Waals surface area contributed by atoms with Crippen LogP contribution >= 0.6 is 0 Å². The van der Waals surface area contributed by atoms with Crippen LogP contribution in [0.5, 0.6) is 0 Å². The third-order valence-electron chi connectivity index (χ3n) is 2.81. The van der Waals surface area contributed by atoms with Gasteiger partial charge in [0, 0.05) is 30.9 Å². The Labute approximate surface area is 92.5 Å². The fraction of sp³-hybridized carbons (Fsp3) is 0.273. The summed E-state index contributed by atoms with van der Waals surface area (Å²) in [6, 6.07) is 3.86. The minimum absolute atomic E-state index is 0.107. The molecule has 0 spiro atoms. The first-order chi connectivity index (χ1) is 7.86. The van der Waals surface area contributed by atoms with E-state index in [1.165, 1.54) is 0 Å². The van der Waals surface area contributed by atoms with Crippen molar-refractivity contribution in [2.24, 2.45) is 0 Å². The lowest BCUT2D eigenvalue weighted by Gasteiger charge is -2.26. The zero-order valence-corrected chi connectivity index (χ0v) is 8.73. The Kier molecular flexibility index (Phi) is 2.11. The van der Waals surface area contributed by atoms with Crippen molar-refractivity contribution in [2.75, 3.05) is 24.5 Å². The van der Waals surface area contributed by atoms with Crippen LogP contribution in [0.1, 0.15) is 0 Å². The fourth-order valence-electron chi connectivity index (χ4n) is 2.03. The number of aromatic nitrogens is 2. The van der Waals surface area contributed by atoms with E-state index in [1.54, 1.807) is 11.1 Å². The van der Waals surface area contributed by atoms with Crippen LogP contribution in [-0.4, -0.2) is 35.5 Å². The molecule has 1 fully saturated rings. The summed E-state index contributed by atoms with van der Waals surface area (Å²) in [6.07, 6.45) is 3.59. The molecule has 1 aliphatic rings. The topological polar surface area (TPSA) is 61.0 Å². The lowest BCUT2D eigenvalue weighted by molar-refractivity contribution is -0.118. The number of carbonyl (C=O) groups excluding carboxylic acids is 1. The van der Waals surface area contributed by atoms with E-state index in [4.69, 9.17) is 0 Å². The van der Waals surface area contributed by atoms with Gasteiger partial charge in [0.15, 0.2) is 0 Å². The SMILES string of the molecule is O=C1CNCCN1c1c[nH]c2ncccc12. The zero-order chi connectivity index (χ0) is 11.0. The Bertz CT molecular complexity index is 534. The van der Waals surface area contributed by atoms with Crippen molar-refractivity contribution in [1.29, 1.82) is 0 Å². The molecular formula is C11H12N4O. The van der Waals surface area contributed by atoms with Crippen molar-refractivity contribution in [3.8, 4) is 0 Å². The molecule has 1 aliphatic heterocycles. The highest BCUT2D eigenvalue weighted by atomic mass is 16.2. The number of rotatable bonds is 1. The Balaban J connectivity index is 2.08. The van der Waals surface area contributed by atoms with Crippen molar-refractivity contribution in [3.63, 3.8) is 0 Å². The number of fused-ring (bicyclic) bond motifs is 1. The van der Waals surface area contributed by atoms with E-state index in [-0.39, 0.29) is 5.91 Å². The number of hydrogen-bond donors (Lipinski definition) is 2. The van der Waals surface area contributed by atoms with Gasteiger partial charge in [0.1, 0.15) is 5.65 Å². The molecule has 82 valence electrons. The summed E-state index contributed by atoms with van der Waals surface area (Å²) in [5.74, 6) is 0.107. The molecule has 0 saturated carbocycles. The standard InChI is InChI=1S/C11H12N4O/c16-10-7-12-4-5-15(10)9-6-14-11-8(9)2-1-3-13-11/h1-3,6,12H,4-5,7H2,(H,13,14). The molecule has 5 nitrogen and oxygen atoms in total. The van der Waals surface area contributed by atoms with Crippen molar-refractivity contribution in [3.05, 3.63) is 24.5 Å². The minimum Gasteiger partial charge on any atom is -0.344 e. The van der Waals surface area contributed by atoms with Gasteiger partial charge >= 0.3 is 0 Å². The molecule has 0 atom stereocenters. The molecule has 3 rings (SSSR count). The number of piperazine rings is 1.